The highest BCUT2D eigenvalue weighted by Gasteiger charge is 2.15. The van der Waals surface area contributed by atoms with Crippen molar-refractivity contribution in [2.24, 2.45) is 0 Å². The molecular formula is C19H23ClN2O2S2. The average molecular weight is 411 g/mol. The molecule has 3 aromatic rings. The highest BCUT2D eigenvalue weighted by atomic mass is 35.5. The molecule has 2 aromatic heterocycles. The Balaban J connectivity index is 0.00000243. The van der Waals surface area contributed by atoms with Crippen molar-refractivity contribution < 1.29 is 9.47 Å². The van der Waals surface area contributed by atoms with Gasteiger partial charge in [0, 0.05) is 18.1 Å². The van der Waals surface area contributed by atoms with E-state index in [0.717, 1.165) is 35.0 Å². The fourth-order valence-electron chi connectivity index (χ4n) is 2.64. The van der Waals surface area contributed by atoms with E-state index < -0.39 is 0 Å². The number of hydrogen-bond acceptors (Lipinski definition) is 6. The van der Waals surface area contributed by atoms with Gasteiger partial charge in [-0.3, -0.25) is 0 Å². The second kappa shape index (κ2) is 10.5. The summed E-state index contributed by atoms with van der Waals surface area (Å²) in [6, 6.07) is 8.45. The molecule has 0 spiro atoms. The summed E-state index contributed by atoms with van der Waals surface area (Å²) in [6.45, 7) is 3.34. The number of nitrogens with one attached hydrogen (secondary N) is 1. The van der Waals surface area contributed by atoms with E-state index in [4.69, 9.17) is 9.47 Å². The number of rotatable bonds is 9. The maximum absolute atomic E-state index is 5.58. The smallest absolute Gasteiger partial charge is 0.161 e. The molecule has 3 rings (SSSR count). The zero-order valence-electron chi connectivity index (χ0n) is 14.8. The molecule has 4 nitrogen and oxygen atoms in total. The molecule has 0 aliphatic carbocycles. The lowest BCUT2D eigenvalue weighted by atomic mass is 10.1. The van der Waals surface area contributed by atoms with Crippen LogP contribution in [0.4, 0.5) is 0 Å². The number of halogens is 1. The fraction of sp³-hybridized carbons (Fsp3) is 0.316. The predicted molar refractivity (Wildman–Crippen MR) is 111 cm³/mol. The summed E-state index contributed by atoms with van der Waals surface area (Å²) in [5.74, 6) is 1.55. The number of ether oxygens (including phenoxy) is 2. The average Bonchev–Trinajstić information content (AvgIpc) is 3.33. The standard InChI is InChI=1S/C19H22N2O2S2.ClH/c1-3-23-17-5-4-14(11-18(17)22-2)12-21-16(19-20-7-9-25-19)10-15-6-8-24-13-15;/h4-9,11,13,16,21H,3,10,12H2,1-2H3;1H. The number of thiazole rings is 1. The Kier molecular flexibility index (Phi) is 8.38. The van der Waals surface area contributed by atoms with Crippen LogP contribution in [0.15, 0.2) is 46.6 Å². The van der Waals surface area contributed by atoms with Gasteiger partial charge in [0.05, 0.1) is 19.8 Å². The van der Waals surface area contributed by atoms with E-state index >= 15 is 0 Å². The molecule has 2 heterocycles. The zero-order valence-corrected chi connectivity index (χ0v) is 17.3. The zero-order chi connectivity index (χ0) is 17.5. The SMILES string of the molecule is CCOc1ccc(CNC(Cc2ccsc2)c2nccs2)cc1OC.Cl. The van der Waals surface area contributed by atoms with Gasteiger partial charge in [-0.2, -0.15) is 11.3 Å². The first kappa shape index (κ1) is 20.7. The molecule has 140 valence electrons. The van der Waals surface area contributed by atoms with Crippen molar-refractivity contribution in [3.8, 4) is 11.5 Å². The van der Waals surface area contributed by atoms with Crippen LogP contribution in [0.1, 0.15) is 29.1 Å². The van der Waals surface area contributed by atoms with Gasteiger partial charge in [-0.05, 0) is 53.4 Å². The van der Waals surface area contributed by atoms with E-state index in [1.807, 2.05) is 30.6 Å². The Morgan fingerprint density at radius 3 is 2.69 bits per heavy atom. The minimum atomic E-state index is 0. The molecule has 26 heavy (non-hydrogen) atoms. The largest absolute Gasteiger partial charge is 0.493 e. The number of methoxy groups -OCH3 is 1. The summed E-state index contributed by atoms with van der Waals surface area (Å²) < 4.78 is 11.0. The third-order valence-corrected chi connectivity index (χ3v) is 5.47. The molecule has 1 N–H and O–H groups in total. The van der Waals surface area contributed by atoms with Gasteiger partial charge in [-0.15, -0.1) is 23.7 Å². The number of hydrogen-bond donors (Lipinski definition) is 1. The van der Waals surface area contributed by atoms with Crippen LogP contribution in [0.5, 0.6) is 11.5 Å². The molecule has 0 saturated carbocycles. The summed E-state index contributed by atoms with van der Waals surface area (Å²) in [4.78, 5) is 4.50. The molecule has 0 aliphatic heterocycles. The molecule has 0 radical (unpaired) electrons. The first-order valence-electron chi connectivity index (χ1n) is 8.23. The summed E-state index contributed by atoms with van der Waals surface area (Å²) in [5.41, 5.74) is 2.49. The highest BCUT2D eigenvalue weighted by molar-refractivity contribution is 7.09. The van der Waals surface area contributed by atoms with E-state index in [0.29, 0.717) is 6.61 Å². The molecule has 1 atom stereocenters. The summed E-state index contributed by atoms with van der Waals surface area (Å²) in [7, 11) is 1.67. The number of thiophene rings is 1. The van der Waals surface area contributed by atoms with Crippen LogP contribution in [0.2, 0.25) is 0 Å². The number of benzene rings is 1. The third-order valence-electron chi connectivity index (χ3n) is 3.85. The van der Waals surface area contributed by atoms with Gasteiger partial charge < -0.3 is 14.8 Å². The van der Waals surface area contributed by atoms with Gasteiger partial charge in [0.25, 0.3) is 0 Å². The van der Waals surface area contributed by atoms with Crippen molar-refractivity contribution in [2.45, 2.75) is 25.9 Å². The molecule has 7 heteroatoms. The minimum Gasteiger partial charge on any atom is -0.493 e. The van der Waals surface area contributed by atoms with Gasteiger partial charge >= 0.3 is 0 Å². The summed E-state index contributed by atoms with van der Waals surface area (Å²) in [6.07, 6.45) is 2.80. The Hall–Kier alpha value is -1.60. The van der Waals surface area contributed by atoms with Gasteiger partial charge in [0.15, 0.2) is 11.5 Å². The van der Waals surface area contributed by atoms with E-state index in [-0.39, 0.29) is 18.4 Å². The van der Waals surface area contributed by atoms with Crippen LogP contribution in [0.3, 0.4) is 0 Å². The van der Waals surface area contributed by atoms with Gasteiger partial charge in [-0.25, -0.2) is 4.98 Å². The fourth-order valence-corrected chi connectivity index (χ4v) is 4.03. The molecule has 1 unspecified atom stereocenters. The Labute approximate surface area is 168 Å². The van der Waals surface area contributed by atoms with Crippen LogP contribution in [0, 0.1) is 0 Å². The van der Waals surface area contributed by atoms with Gasteiger partial charge in [-0.1, -0.05) is 6.07 Å². The molecule has 0 aliphatic rings. The molecule has 0 bridgehead atoms. The van der Waals surface area contributed by atoms with E-state index in [1.54, 1.807) is 29.8 Å². The van der Waals surface area contributed by atoms with E-state index in [9.17, 15) is 0 Å². The maximum atomic E-state index is 5.58. The Morgan fingerprint density at radius 2 is 2.04 bits per heavy atom. The number of aromatic nitrogens is 1. The number of nitrogens with zero attached hydrogens (tertiary/aromatic N) is 1. The van der Waals surface area contributed by atoms with Crippen molar-refractivity contribution in [1.82, 2.24) is 10.3 Å². The van der Waals surface area contributed by atoms with Crippen molar-refractivity contribution in [1.29, 1.82) is 0 Å². The molecule has 0 saturated heterocycles. The van der Waals surface area contributed by atoms with Crippen LogP contribution < -0.4 is 14.8 Å². The first-order chi connectivity index (χ1) is 12.3. The molecule has 1 aromatic carbocycles. The maximum Gasteiger partial charge on any atom is 0.161 e. The summed E-state index contributed by atoms with van der Waals surface area (Å²) >= 11 is 3.42. The monoisotopic (exact) mass is 410 g/mol. The minimum absolute atomic E-state index is 0. The molecular weight excluding hydrogens is 388 g/mol. The highest BCUT2D eigenvalue weighted by Crippen LogP contribution is 2.29. The second-order valence-corrected chi connectivity index (χ2v) is 7.26. The molecule has 0 amide bonds. The lowest BCUT2D eigenvalue weighted by Crippen LogP contribution is -2.22. The van der Waals surface area contributed by atoms with Crippen LogP contribution >= 0.6 is 35.1 Å². The first-order valence-corrected chi connectivity index (χ1v) is 10.1. The quantitative estimate of drug-likeness (QED) is 0.532. The van der Waals surface area contributed by atoms with E-state index in [2.05, 4.69) is 33.2 Å². The van der Waals surface area contributed by atoms with Gasteiger partial charge in [0.2, 0.25) is 0 Å². The second-order valence-electron chi connectivity index (χ2n) is 5.56. The van der Waals surface area contributed by atoms with Gasteiger partial charge in [0.1, 0.15) is 5.01 Å². The van der Waals surface area contributed by atoms with Crippen molar-refractivity contribution in [2.75, 3.05) is 13.7 Å². The normalized spacial score (nSPS) is 11.6. The van der Waals surface area contributed by atoms with Crippen LogP contribution in [-0.2, 0) is 13.0 Å². The van der Waals surface area contributed by atoms with Crippen molar-refractivity contribution in [3.63, 3.8) is 0 Å². The van der Waals surface area contributed by atoms with Crippen molar-refractivity contribution in [3.05, 3.63) is 62.7 Å². The van der Waals surface area contributed by atoms with Crippen LogP contribution in [-0.4, -0.2) is 18.7 Å². The Bertz CT molecular complexity index is 764. The lowest BCUT2D eigenvalue weighted by molar-refractivity contribution is 0.310. The van der Waals surface area contributed by atoms with Crippen LogP contribution in [0.25, 0.3) is 0 Å². The predicted octanol–water partition coefficient (Wildman–Crippen LogP) is 5.11. The summed E-state index contributed by atoms with van der Waals surface area (Å²) in [5, 5.41) is 11.1. The van der Waals surface area contributed by atoms with Crippen molar-refractivity contribution >= 4 is 35.1 Å². The molecule has 0 fully saturated rings. The third kappa shape index (κ3) is 5.45. The Morgan fingerprint density at radius 1 is 1.15 bits per heavy atom. The topological polar surface area (TPSA) is 43.4 Å². The lowest BCUT2D eigenvalue weighted by Gasteiger charge is -2.17. The van der Waals surface area contributed by atoms with E-state index in [1.165, 1.54) is 5.56 Å².